The molecule has 1 heterocycles. The molecule has 0 aliphatic rings. The number of hydrogen-bond acceptors (Lipinski definition) is 8. The number of aromatic nitrogens is 1. The van der Waals surface area contributed by atoms with Crippen molar-refractivity contribution >= 4 is 50.3 Å². The van der Waals surface area contributed by atoms with Gasteiger partial charge in [0.05, 0.1) is 24.4 Å². The Morgan fingerprint density at radius 1 is 0.978 bits per heavy atom. The van der Waals surface area contributed by atoms with Crippen LogP contribution in [0.25, 0.3) is 10.9 Å². The molecule has 1 amide bonds. The first-order valence-electron chi connectivity index (χ1n) is 14.6. The summed E-state index contributed by atoms with van der Waals surface area (Å²) in [5, 5.41) is 5.97. The van der Waals surface area contributed by atoms with Gasteiger partial charge < -0.3 is 20.4 Å². The molecule has 3 rings (SSSR count). The maximum atomic E-state index is 14.8. The fourth-order valence-electron chi connectivity index (χ4n) is 4.53. The van der Waals surface area contributed by atoms with E-state index >= 15 is 0 Å². The lowest BCUT2D eigenvalue weighted by atomic mass is 10.0. The Balaban J connectivity index is 1.36. The number of unbranched alkanes of at least 4 members (excludes halogenated alkanes) is 3. The molecule has 0 saturated heterocycles. The molecule has 4 N–H and O–H groups in total. The van der Waals surface area contributed by atoms with Crippen molar-refractivity contribution in [3.05, 3.63) is 80.3 Å². The van der Waals surface area contributed by atoms with Gasteiger partial charge in [-0.25, -0.2) is 4.39 Å². The third kappa shape index (κ3) is 12.7. The second kappa shape index (κ2) is 17.7. The summed E-state index contributed by atoms with van der Waals surface area (Å²) in [6.07, 6.45) is 5.27. The van der Waals surface area contributed by atoms with E-state index in [1.165, 1.54) is 18.3 Å². The summed E-state index contributed by atoms with van der Waals surface area (Å²) in [4.78, 5) is 52.3. The van der Waals surface area contributed by atoms with E-state index in [0.717, 1.165) is 18.4 Å². The van der Waals surface area contributed by atoms with Crippen LogP contribution in [-0.2, 0) is 37.4 Å². The van der Waals surface area contributed by atoms with Gasteiger partial charge in [0.1, 0.15) is 17.2 Å². The first-order valence-corrected chi connectivity index (χ1v) is 16.6. The molecule has 244 valence electrons. The smallest absolute Gasteiger partial charge is 0.305 e. The van der Waals surface area contributed by atoms with Gasteiger partial charge in [0.2, 0.25) is 5.43 Å². The lowest BCUT2D eigenvalue weighted by molar-refractivity contribution is -0.143. The number of nitrogens with one attached hydrogen (secondary N) is 3. The molecule has 0 fully saturated rings. The molecule has 1 aromatic heterocycles. The van der Waals surface area contributed by atoms with Crippen LogP contribution in [0, 0.1) is 5.82 Å². The van der Waals surface area contributed by atoms with Gasteiger partial charge in [0, 0.05) is 42.5 Å². The second-order valence-electron chi connectivity index (χ2n) is 10.6. The Hall–Kier alpha value is -3.65. The standard InChI is InChI=1S/C31H37ClFN3O8S/c32-23-11-9-21(10-12-23)18-36-31(40)26-20-35-29-25(30(26)39)16-22(17-27(29)33)6-5-14-44-28(38)8-4-2-1-3-7-24(37)19-34-13-15-45(41,42)43/h9-12,16-17,20,34H,1-8,13-15,18-19H2,(H,35,39)(H,36,40)(H,41,42,43). The molecule has 14 heteroatoms. The number of aryl methyl sites for hydroxylation is 1. The van der Waals surface area contributed by atoms with Crippen LogP contribution in [0.4, 0.5) is 4.39 Å². The van der Waals surface area contributed by atoms with Gasteiger partial charge in [-0.15, -0.1) is 0 Å². The Bertz CT molecular complexity index is 1650. The number of amides is 1. The summed E-state index contributed by atoms with van der Waals surface area (Å²) < 4.78 is 49.9. The molecule has 0 aliphatic carbocycles. The van der Waals surface area contributed by atoms with Crippen LogP contribution >= 0.6 is 11.6 Å². The Morgan fingerprint density at radius 2 is 1.69 bits per heavy atom. The predicted octanol–water partition coefficient (Wildman–Crippen LogP) is 4.11. The minimum atomic E-state index is -4.05. The summed E-state index contributed by atoms with van der Waals surface area (Å²) >= 11 is 5.88. The second-order valence-corrected chi connectivity index (χ2v) is 12.6. The normalized spacial score (nSPS) is 11.4. The summed E-state index contributed by atoms with van der Waals surface area (Å²) in [6.45, 7) is 0.347. The highest BCUT2D eigenvalue weighted by Crippen LogP contribution is 2.18. The number of hydrogen-bond donors (Lipinski definition) is 4. The molecule has 0 unspecified atom stereocenters. The van der Waals surface area contributed by atoms with Crippen LogP contribution in [0.3, 0.4) is 0 Å². The SMILES string of the molecule is O=C(CCCCCCC(=O)OCCCc1cc(F)c2[nH]cc(C(=O)NCc3ccc(Cl)cc3)c(=O)c2c1)CNCCS(=O)(=O)O. The fourth-order valence-corrected chi connectivity index (χ4v) is 5.06. The number of halogens is 2. The van der Waals surface area contributed by atoms with E-state index in [2.05, 4.69) is 15.6 Å². The monoisotopic (exact) mass is 665 g/mol. The van der Waals surface area contributed by atoms with Crippen LogP contribution in [0.1, 0.15) is 66.4 Å². The number of fused-ring (bicyclic) bond motifs is 1. The van der Waals surface area contributed by atoms with Crippen LogP contribution in [0.2, 0.25) is 5.02 Å². The lowest BCUT2D eigenvalue weighted by Gasteiger charge is -2.09. The van der Waals surface area contributed by atoms with E-state index in [9.17, 15) is 32.0 Å². The van der Waals surface area contributed by atoms with Crippen LogP contribution < -0.4 is 16.1 Å². The molecule has 11 nitrogen and oxygen atoms in total. The largest absolute Gasteiger partial charge is 0.466 e. The minimum Gasteiger partial charge on any atom is -0.466 e. The summed E-state index contributed by atoms with van der Waals surface area (Å²) in [5.41, 5.74) is 0.595. The molecule has 0 spiro atoms. The van der Waals surface area contributed by atoms with Gasteiger partial charge in [0.25, 0.3) is 16.0 Å². The lowest BCUT2D eigenvalue weighted by Crippen LogP contribution is -2.28. The van der Waals surface area contributed by atoms with E-state index in [0.29, 0.717) is 42.7 Å². The molecular formula is C31H37ClFN3O8S. The predicted molar refractivity (Wildman–Crippen MR) is 168 cm³/mol. The topological polar surface area (TPSA) is 172 Å². The summed E-state index contributed by atoms with van der Waals surface area (Å²) in [7, 11) is -4.05. The average Bonchev–Trinajstić information content (AvgIpc) is 2.99. The zero-order valence-corrected chi connectivity index (χ0v) is 26.3. The molecule has 2 aromatic carbocycles. The molecule has 3 aromatic rings. The van der Waals surface area contributed by atoms with Crippen LogP contribution in [-0.4, -0.2) is 61.1 Å². The van der Waals surface area contributed by atoms with Gasteiger partial charge in [0.15, 0.2) is 0 Å². The van der Waals surface area contributed by atoms with Crippen LogP contribution in [0.15, 0.2) is 47.4 Å². The molecule has 0 radical (unpaired) electrons. The number of pyridine rings is 1. The third-order valence-corrected chi connectivity index (χ3v) is 7.90. The number of rotatable bonds is 19. The minimum absolute atomic E-state index is 0.000417. The molecule has 0 atom stereocenters. The van der Waals surface area contributed by atoms with Crippen molar-refractivity contribution in [1.29, 1.82) is 0 Å². The summed E-state index contributed by atoms with van der Waals surface area (Å²) in [5.74, 6) is -2.08. The van der Waals surface area contributed by atoms with Gasteiger partial charge in [-0.05, 0) is 61.1 Å². The van der Waals surface area contributed by atoms with Crippen molar-refractivity contribution in [3.63, 3.8) is 0 Å². The number of aromatic amines is 1. The van der Waals surface area contributed by atoms with E-state index in [1.54, 1.807) is 24.3 Å². The maximum absolute atomic E-state index is 14.8. The van der Waals surface area contributed by atoms with Crippen molar-refractivity contribution in [2.45, 2.75) is 57.9 Å². The highest BCUT2D eigenvalue weighted by Gasteiger charge is 2.16. The first kappa shape index (κ1) is 35.8. The molecule has 0 saturated carbocycles. The third-order valence-electron chi connectivity index (χ3n) is 6.93. The van der Waals surface area contributed by atoms with E-state index < -0.39 is 33.0 Å². The number of H-pyrrole nitrogens is 1. The Labute approximate surface area is 265 Å². The van der Waals surface area contributed by atoms with Crippen molar-refractivity contribution in [1.82, 2.24) is 15.6 Å². The van der Waals surface area contributed by atoms with Crippen molar-refractivity contribution in [2.75, 3.05) is 25.4 Å². The van der Waals surface area contributed by atoms with Gasteiger partial charge >= 0.3 is 5.97 Å². The number of Topliss-reactive ketones (excluding diaryl/α,β-unsaturated/α-hetero) is 1. The zero-order valence-electron chi connectivity index (χ0n) is 24.7. The van der Waals surface area contributed by atoms with E-state index in [1.807, 2.05) is 0 Å². The van der Waals surface area contributed by atoms with Crippen molar-refractivity contribution in [2.24, 2.45) is 0 Å². The van der Waals surface area contributed by atoms with E-state index in [-0.39, 0.29) is 60.9 Å². The number of ether oxygens (including phenoxy) is 1. The highest BCUT2D eigenvalue weighted by atomic mass is 35.5. The molecule has 0 bridgehead atoms. The van der Waals surface area contributed by atoms with Crippen molar-refractivity contribution in [3.8, 4) is 0 Å². The van der Waals surface area contributed by atoms with Gasteiger partial charge in [-0.3, -0.25) is 23.7 Å². The number of esters is 1. The first-order chi connectivity index (χ1) is 21.4. The Morgan fingerprint density at radius 3 is 2.40 bits per heavy atom. The molecular weight excluding hydrogens is 629 g/mol. The highest BCUT2D eigenvalue weighted by molar-refractivity contribution is 7.85. The molecule has 45 heavy (non-hydrogen) atoms. The van der Waals surface area contributed by atoms with E-state index in [4.69, 9.17) is 20.9 Å². The number of carbonyl (C=O) groups is 3. The number of ketones is 1. The van der Waals surface area contributed by atoms with Gasteiger partial charge in [-0.1, -0.05) is 36.6 Å². The quantitative estimate of drug-likeness (QED) is 0.0835. The number of carbonyl (C=O) groups excluding carboxylic acids is 3. The zero-order chi connectivity index (χ0) is 32.8. The van der Waals surface area contributed by atoms with Crippen molar-refractivity contribution < 1.29 is 36.5 Å². The average molecular weight is 666 g/mol. The Kier molecular flexibility index (Phi) is 14.1. The molecule has 0 aliphatic heterocycles. The number of benzene rings is 2. The van der Waals surface area contributed by atoms with Gasteiger partial charge in [-0.2, -0.15) is 8.42 Å². The van der Waals surface area contributed by atoms with Crippen LogP contribution in [0.5, 0.6) is 0 Å². The maximum Gasteiger partial charge on any atom is 0.305 e. The fraction of sp³-hybridized carbons (Fsp3) is 0.419. The summed E-state index contributed by atoms with van der Waals surface area (Å²) in [6, 6.07) is 9.74.